The maximum Gasteiger partial charge on any atom is 0.0934 e. The largest absolute Gasteiger partial charge is 0.304 e. The highest BCUT2D eigenvalue weighted by Gasteiger charge is 2.24. The molecule has 2 heterocycles. The van der Waals surface area contributed by atoms with Gasteiger partial charge in [-0.05, 0) is 32.4 Å². The first kappa shape index (κ1) is 16.0. The Bertz CT molecular complexity index is 587. The van der Waals surface area contributed by atoms with Crippen LogP contribution in [0.3, 0.4) is 0 Å². The van der Waals surface area contributed by atoms with Crippen molar-refractivity contribution in [3.05, 3.63) is 34.4 Å². The van der Waals surface area contributed by atoms with E-state index in [0.29, 0.717) is 5.02 Å². The number of hydrogen-bond acceptors (Lipinski definition) is 3. The molecule has 21 heavy (non-hydrogen) atoms. The molecule has 2 aromatic rings. The highest BCUT2D eigenvalue weighted by Crippen LogP contribution is 2.28. The lowest BCUT2D eigenvalue weighted by atomic mass is 10.1. The molecule has 116 valence electrons. The summed E-state index contributed by atoms with van der Waals surface area (Å²) in [4.78, 5) is 0. The van der Waals surface area contributed by atoms with E-state index in [2.05, 4.69) is 35.4 Å². The van der Waals surface area contributed by atoms with Gasteiger partial charge in [0.15, 0.2) is 0 Å². The van der Waals surface area contributed by atoms with Gasteiger partial charge in [0.1, 0.15) is 0 Å². The molecule has 0 aliphatic rings. The van der Waals surface area contributed by atoms with Crippen LogP contribution in [0, 0.1) is 6.92 Å². The molecule has 1 N–H and O–H groups in total. The molecule has 0 saturated heterocycles. The van der Waals surface area contributed by atoms with Gasteiger partial charge in [-0.3, -0.25) is 9.36 Å². The van der Waals surface area contributed by atoms with Gasteiger partial charge in [0.05, 0.1) is 34.3 Å². The molecule has 1 atom stereocenters. The zero-order valence-corrected chi connectivity index (χ0v) is 14.0. The number of hydrogen-bond donors (Lipinski definition) is 1. The zero-order chi connectivity index (χ0) is 15.4. The molecular formula is C15H24ClN5. The Labute approximate surface area is 131 Å². The van der Waals surface area contributed by atoms with Crippen LogP contribution in [0.1, 0.15) is 49.8 Å². The Hall–Kier alpha value is -1.33. The summed E-state index contributed by atoms with van der Waals surface area (Å²) in [5, 5.41) is 13.2. The second-order valence-corrected chi connectivity index (χ2v) is 5.73. The second kappa shape index (κ2) is 7.09. The number of aromatic nitrogens is 4. The first-order valence-corrected chi connectivity index (χ1v) is 7.91. The van der Waals surface area contributed by atoms with Gasteiger partial charge in [-0.1, -0.05) is 25.4 Å². The van der Waals surface area contributed by atoms with Gasteiger partial charge in [0.2, 0.25) is 0 Å². The van der Waals surface area contributed by atoms with E-state index in [0.717, 1.165) is 43.0 Å². The van der Waals surface area contributed by atoms with Gasteiger partial charge in [-0.25, -0.2) is 0 Å². The van der Waals surface area contributed by atoms with Crippen LogP contribution in [0.5, 0.6) is 0 Å². The molecule has 0 spiro atoms. The maximum absolute atomic E-state index is 6.41. The van der Waals surface area contributed by atoms with Gasteiger partial charge in [-0.15, -0.1) is 0 Å². The van der Waals surface area contributed by atoms with Gasteiger partial charge in [0.25, 0.3) is 0 Å². The predicted octanol–water partition coefficient (Wildman–Crippen LogP) is 3.08. The van der Waals surface area contributed by atoms with Crippen LogP contribution in [0.25, 0.3) is 0 Å². The first-order chi connectivity index (χ1) is 10.1. The summed E-state index contributed by atoms with van der Waals surface area (Å²) in [6.45, 7) is 8.09. The molecule has 0 fully saturated rings. The molecule has 0 aromatic carbocycles. The quantitative estimate of drug-likeness (QED) is 0.855. The van der Waals surface area contributed by atoms with Crippen molar-refractivity contribution in [2.75, 3.05) is 6.54 Å². The molecule has 0 amide bonds. The van der Waals surface area contributed by atoms with Gasteiger partial charge < -0.3 is 5.32 Å². The summed E-state index contributed by atoms with van der Waals surface area (Å²) in [5.41, 5.74) is 3.14. The number of aryl methyl sites for hydroxylation is 3. The molecular weight excluding hydrogens is 286 g/mol. The van der Waals surface area contributed by atoms with E-state index >= 15 is 0 Å². The second-order valence-electron chi connectivity index (χ2n) is 5.32. The van der Waals surface area contributed by atoms with Crippen LogP contribution in [-0.4, -0.2) is 26.1 Å². The molecule has 5 nitrogen and oxygen atoms in total. The Morgan fingerprint density at radius 2 is 2.10 bits per heavy atom. The van der Waals surface area contributed by atoms with Crippen molar-refractivity contribution in [3.63, 3.8) is 0 Å². The fourth-order valence-corrected chi connectivity index (χ4v) is 2.83. The minimum atomic E-state index is 0.0118. The molecule has 1 unspecified atom stereocenters. The molecule has 6 heteroatoms. The molecule has 2 rings (SSSR count). The summed E-state index contributed by atoms with van der Waals surface area (Å²) >= 11 is 6.41. The molecule has 0 aliphatic heterocycles. The van der Waals surface area contributed by atoms with Crippen molar-refractivity contribution in [1.29, 1.82) is 0 Å². The topological polar surface area (TPSA) is 47.7 Å². The van der Waals surface area contributed by atoms with Crippen molar-refractivity contribution in [2.24, 2.45) is 7.05 Å². The number of halogens is 1. The fraction of sp³-hybridized carbons (Fsp3) is 0.600. The van der Waals surface area contributed by atoms with Crippen molar-refractivity contribution >= 4 is 11.6 Å². The minimum absolute atomic E-state index is 0.0118. The van der Waals surface area contributed by atoms with E-state index in [-0.39, 0.29) is 6.04 Å². The molecule has 2 aromatic heterocycles. The summed E-state index contributed by atoms with van der Waals surface area (Å²) in [6, 6.07) is 2.12. The van der Waals surface area contributed by atoms with Crippen molar-refractivity contribution in [3.8, 4) is 0 Å². The van der Waals surface area contributed by atoms with E-state index in [1.54, 1.807) is 6.20 Å². The van der Waals surface area contributed by atoms with Crippen LogP contribution in [-0.2, 0) is 13.6 Å². The third kappa shape index (κ3) is 3.47. The van der Waals surface area contributed by atoms with Gasteiger partial charge in [-0.2, -0.15) is 10.2 Å². The zero-order valence-electron chi connectivity index (χ0n) is 13.2. The lowest BCUT2D eigenvalue weighted by Crippen LogP contribution is -2.28. The SMILES string of the molecule is CCCNC(c1cc(C)nn1C)c1c(Cl)cnn1CCC. The van der Waals surface area contributed by atoms with E-state index < -0.39 is 0 Å². The highest BCUT2D eigenvalue weighted by molar-refractivity contribution is 6.31. The number of nitrogens with one attached hydrogen (secondary N) is 1. The number of nitrogens with zero attached hydrogens (tertiary/aromatic N) is 4. The van der Waals surface area contributed by atoms with Crippen LogP contribution >= 0.6 is 11.6 Å². The standard InChI is InChI=1S/C15H24ClN5/c1-5-7-17-14(13-9-11(3)19-20(13)4)15-12(16)10-18-21(15)8-6-2/h9-10,14,17H,5-8H2,1-4H3. The normalized spacial score (nSPS) is 12.8. The summed E-state index contributed by atoms with van der Waals surface area (Å²) in [7, 11) is 1.97. The first-order valence-electron chi connectivity index (χ1n) is 7.53. The molecule has 0 bridgehead atoms. The molecule has 0 aliphatic carbocycles. The number of rotatable bonds is 7. The summed E-state index contributed by atoms with van der Waals surface area (Å²) < 4.78 is 3.92. The van der Waals surface area contributed by atoms with E-state index in [1.807, 2.05) is 23.3 Å². The van der Waals surface area contributed by atoms with Crippen LogP contribution in [0.15, 0.2) is 12.3 Å². The molecule has 0 saturated carbocycles. The average molecular weight is 310 g/mol. The van der Waals surface area contributed by atoms with Crippen molar-refractivity contribution < 1.29 is 0 Å². The summed E-state index contributed by atoms with van der Waals surface area (Å²) in [5.74, 6) is 0. The highest BCUT2D eigenvalue weighted by atomic mass is 35.5. The lowest BCUT2D eigenvalue weighted by molar-refractivity contribution is 0.491. The van der Waals surface area contributed by atoms with Gasteiger partial charge in [0, 0.05) is 13.6 Å². The third-order valence-corrected chi connectivity index (χ3v) is 3.77. The lowest BCUT2D eigenvalue weighted by Gasteiger charge is -2.21. The summed E-state index contributed by atoms with van der Waals surface area (Å²) in [6.07, 6.45) is 3.82. The van der Waals surface area contributed by atoms with E-state index in [4.69, 9.17) is 11.6 Å². The Morgan fingerprint density at radius 1 is 1.33 bits per heavy atom. The molecule has 0 radical (unpaired) electrons. The minimum Gasteiger partial charge on any atom is -0.304 e. The average Bonchev–Trinajstić information content (AvgIpc) is 2.96. The third-order valence-electron chi connectivity index (χ3n) is 3.47. The Kier molecular flexibility index (Phi) is 5.42. The van der Waals surface area contributed by atoms with Crippen LogP contribution in [0.2, 0.25) is 5.02 Å². The fourth-order valence-electron chi connectivity index (χ4n) is 2.58. The van der Waals surface area contributed by atoms with Crippen LogP contribution in [0.4, 0.5) is 0 Å². The predicted molar refractivity (Wildman–Crippen MR) is 85.6 cm³/mol. The van der Waals surface area contributed by atoms with E-state index in [9.17, 15) is 0 Å². The van der Waals surface area contributed by atoms with Gasteiger partial charge >= 0.3 is 0 Å². The van der Waals surface area contributed by atoms with Crippen molar-refractivity contribution in [1.82, 2.24) is 24.9 Å². The Balaban J connectivity index is 2.45. The maximum atomic E-state index is 6.41. The smallest absolute Gasteiger partial charge is 0.0934 e. The van der Waals surface area contributed by atoms with Crippen molar-refractivity contribution in [2.45, 2.75) is 46.2 Å². The Morgan fingerprint density at radius 3 is 2.67 bits per heavy atom. The monoisotopic (exact) mass is 309 g/mol. The van der Waals surface area contributed by atoms with Crippen LogP contribution < -0.4 is 5.32 Å². The van der Waals surface area contributed by atoms with E-state index in [1.165, 1.54) is 0 Å².